The Morgan fingerprint density at radius 3 is 2.05 bits per heavy atom. The smallest absolute Gasteiger partial charge is 0.324 e. The zero-order valence-corrected chi connectivity index (χ0v) is 9.57. The molecule has 0 aliphatic rings. The first-order valence-corrected chi connectivity index (χ1v) is 4.95. The Hall–Kier alpha value is -1.51. The Labute approximate surface area is 107 Å². The van der Waals surface area contributed by atoms with Crippen LogP contribution in [0.15, 0.2) is 18.3 Å². The number of aromatic nitrogens is 1. The van der Waals surface area contributed by atoms with E-state index >= 15 is 0 Å². The zero-order valence-electron chi connectivity index (χ0n) is 8.81. The molecule has 0 spiro atoms. The van der Waals surface area contributed by atoms with Crippen molar-refractivity contribution >= 4 is 23.2 Å². The molecule has 106 valence electrons. The molecule has 1 amide bonds. The highest BCUT2D eigenvalue weighted by Gasteiger charge is 2.61. The van der Waals surface area contributed by atoms with Crippen molar-refractivity contribution in [2.24, 2.45) is 5.92 Å². The lowest BCUT2D eigenvalue weighted by molar-refractivity contribution is -0.272. The summed E-state index contributed by atoms with van der Waals surface area (Å²) >= 11 is 5.37. The number of nitrogens with zero attached hydrogens (tertiary/aromatic N) is 1. The highest BCUT2D eigenvalue weighted by Crippen LogP contribution is 2.39. The Balaban J connectivity index is 2.93. The summed E-state index contributed by atoms with van der Waals surface area (Å²) in [6, 6.07) is 2.13. The van der Waals surface area contributed by atoms with Gasteiger partial charge in [0.25, 0.3) is 0 Å². The lowest BCUT2D eigenvalue weighted by Crippen LogP contribution is -2.45. The molecule has 1 rings (SSSR count). The fourth-order valence-corrected chi connectivity index (χ4v) is 1.26. The van der Waals surface area contributed by atoms with Crippen LogP contribution in [0.3, 0.4) is 0 Å². The number of rotatable bonds is 2. The van der Waals surface area contributed by atoms with Gasteiger partial charge in [-0.15, -0.1) is 0 Å². The molecule has 0 atom stereocenters. The van der Waals surface area contributed by atoms with Crippen molar-refractivity contribution in [3.05, 3.63) is 23.5 Å². The molecule has 0 fully saturated rings. The highest BCUT2D eigenvalue weighted by atomic mass is 35.5. The van der Waals surface area contributed by atoms with Crippen LogP contribution in [0.2, 0.25) is 5.15 Å². The molecule has 0 aromatic carbocycles. The maximum Gasteiger partial charge on any atom is 0.409 e. The Bertz CT molecular complexity index is 441. The molecule has 0 unspecified atom stereocenters. The summed E-state index contributed by atoms with van der Waals surface area (Å²) in [6.07, 6.45) is -10.6. The van der Waals surface area contributed by atoms with Crippen LogP contribution in [0.25, 0.3) is 0 Å². The molecule has 1 heterocycles. The highest BCUT2D eigenvalue weighted by molar-refractivity contribution is 6.29. The molecule has 10 heteroatoms. The summed E-state index contributed by atoms with van der Waals surface area (Å²) in [5.41, 5.74) is -0.326. The normalized spacial score (nSPS) is 12.6. The molecule has 0 saturated carbocycles. The minimum absolute atomic E-state index is 0.0267. The van der Waals surface area contributed by atoms with Crippen molar-refractivity contribution in [1.82, 2.24) is 4.98 Å². The van der Waals surface area contributed by atoms with Gasteiger partial charge in [0, 0.05) is 0 Å². The number of nitrogens with one attached hydrogen (secondary N) is 1. The second-order valence-corrected chi connectivity index (χ2v) is 3.76. The van der Waals surface area contributed by atoms with Crippen molar-refractivity contribution < 1.29 is 31.1 Å². The number of anilines is 1. The Morgan fingerprint density at radius 2 is 1.68 bits per heavy atom. The maximum absolute atomic E-state index is 12.2. The van der Waals surface area contributed by atoms with Gasteiger partial charge >= 0.3 is 12.4 Å². The maximum atomic E-state index is 12.2. The predicted octanol–water partition coefficient (Wildman–Crippen LogP) is 3.41. The van der Waals surface area contributed by atoms with Crippen LogP contribution < -0.4 is 5.32 Å². The number of carbonyl (C=O) groups is 1. The minimum atomic E-state index is -5.73. The van der Waals surface area contributed by atoms with E-state index in [1.165, 1.54) is 5.32 Å². The lowest BCUT2D eigenvalue weighted by atomic mass is 10.1. The number of alkyl halides is 6. The average Bonchev–Trinajstić information content (AvgIpc) is 2.16. The molecule has 1 aromatic rings. The van der Waals surface area contributed by atoms with Crippen LogP contribution in [0.4, 0.5) is 32.0 Å². The molecular weight excluding hydrogens is 302 g/mol. The second-order valence-electron chi connectivity index (χ2n) is 3.38. The van der Waals surface area contributed by atoms with E-state index in [1.54, 1.807) is 0 Å². The monoisotopic (exact) mass is 306 g/mol. The summed E-state index contributed by atoms with van der Waals surface area (Å²) in [6.45, 7) is 0. The van der Waals surface area contributed by atoms with Gasteiger partial charge in [0.2, 0.25) is 11.8 Å². The fraction of sp³-hybridized carbons (Fsp3) is 0.333. The third-order valence-electron chi connectivity index (χ3n) is 1.91. The Kier molecular flexibility index (Phi) is 4.28. The van der Waals surface area contributed by atoms with Gasteiger partial charge in [-0.3, -0.25) is 4.79 Å². The number of hydrogen-bond acceptors (Lipinski definition) is 2. The van der Waals surface area contributed by atoms with Gasteiger partial charge in [0.15, 0.2) is 0 Å². The lowest BCUT2D eigenvalue weighted by Gasteiger charge is -2.21. The Morgan fingerprint density at radius 1 is 1.16 bits per heavy atom. The van der Waals surface area contributed by atoms with Crippen LogP contribution in [0, 0.1) is 5.92 Å². The molecule has 1 aromatic heterocycles. The van der Waals surface area contributed by atoms with Crippen LogP contribution >= 0.6 is 11.6 Å². The molecular formula is C9H5ClF6N2O. The van der Waals surface area contributed by atoms with Crippen LogP contribution in [-0.4, -0.2) is 23.2 Å². The van der Waals surface area contributed by atoms with Gasteiger partial charge in [-0.25, -0.2) is 4.98 Å². The van der Waals surface area contributed by atoms with E-state index in [0.717, 1.165) is 18.3 Å². The second kappa shape index (κ2) is 5.24. The SMILES string of the molecule is O=C(Nc1ccc(Cl)nc1)C(C(F)(F)F)C(F)(F)F. The summed E-state index contributed by atoms with van der Waals surface area (Å²) in [4.78, 5) is 14.5. The number of pyridine rings is 1. The molecule has 19 heavy (non-hydrogen) atoms. The largest absolute Gasteiger partial charge is 0.409 e. The average molecular weight is 307 g/mol. The van der Waals surface area contributed by atoms with Crippen molar-refractivity contribution in [3.63, 3.8) is 0 Å². The predicted molar refractivity (Wildman–Crippen MR) is 53.5 cm³/mol. The summed E-state index contributed by atoms with van der Waals surface area (Å²) < 4.78 is 73.3. The molecule has 3 nitrogen and oxygen atoms in total. The topological polar surface area (TPSA) is 42.0 Å². The van der Waals surface area contributed by atoms with E-state index in [-0.39, 0.29) is 10.8 Å². The number of hydrogen-bond donors (Lipinski definition) is 1. The first-order valence-electron chi connectivity index (χ1n) is 4.57. The minimum Gasteiger partial charge on any atom is -0.324 e. The third kappa shape index (κ3) is 4.27. The van der Waals surface area contributed by atoms with Crippen molar-refractivity contribution in [2.45, 2.75) is 12.4 Å². The molecule has 0 aliphatic carbocycles. The number of carbonyl (C=O) groups excluding carboxylic acids is 1. The summed E-state index contributed by atoms with van der Waals surface area (Å²) in [5.74, 6) is -6.33. The summed E-state index contributed by atoms with van der Waals surface area (Å²) in [7, 11) is 0. The molecule has 0 radical (unpaired) electrons. The van der Waals surface area contributed by atoms with Crippen LogP contribution in [0.1, 0.15) is 0 Å². The van der Waals surface area contributed by atoms with Crippen molar-refractivity contribution in [3.8, 4) is 0 Å². The number of amides is 1. The first kappa shape index (κ1) is 15.5. The molecule has 1 N–H and O–H groups in total. The van der Waals surface area contributed by atoms with Crippen LogP contribution in [-0.2, 0) is 4.79 Å². The van der Waals surface area contributed by atoms with E-state index in [9.17, 15) is 31.1 Å². The van der Waals surface area contributed by atoms with Crippen molar-refractivity contribution in [1.29, 1.82) is 0 Å². The quantitative estimate of drug-likeness (QED) is 0.672. The van der Waals surface area contributed by atoms with Gasteiger partial charge in [0.05, 0.1) is 11.9 Å². The van der Waals surface area contributed by atoms with E-state index in [2.05, 4.69) is 4.98 Å². The summed E-state index contributed by atoms with van der Waals surface area (Å²) in [5, 5.41) is 1.46. The first-order chi connectivity index (χ1) is 8.51. The fourth-order valence-electron chi connectivity index (χ4n) is 1.15. The van der Waals surface area contributed by atoms with Gasteiger partial charge in [-0.05, 0) is 12.1 Å². The van der Waals surface area contributed by atoms with Gasteiger partial charge in [-0.2, -0.15) is 26.3 Å². The third-order valence-corrected chi connectivity index (χ3v) is 2.14. The van der Waals surface area contributed by atoms with E-state index in [4.69, 9.17) is 11.6 Å². The molecule has 0 saturated heterocycles. The van der Waals surface area contributed by atoms with Crippen molar-refractivity contribution in [2.75, 3.05) is 5.32 Å². The van der Waals surface area contributed by atoms with Gasteiger partial charge < -0.3 is 5.32 Å². The van der Waals surface area contributed by atoms with E-state index in [1.807, 2.05) is 0 Å². The number of halogens is 7. The molecule has 0 aliphatic heterocycles. The van der Waals surface area contributed by atoms with Gasteiger partial charge in [0.1, 0.15) is 5.15 Å². The standard InChI is InChI=1S/C9H5ClF6N2O/c10-5-2-1-4(3-17-5)18-7(19)6(8(11,12)13)9(14,15)16/h1-3,6H,(H,18,19). The van der Waals surface area contributed by atoms with E-state index in [0.29, 0.717) is 0 Å². The van der Waals surface area contributed by atoms with Crippen LogP contribution in [0.5, 0.6) is 0 Å². The van der Waals surface area contributed by atoms with Gasteiger partial charge in [-0.1, -0.05) is 11.6 Å². The molecule has 0 bridgehead atoms. The van der Waals surface area contributed by atoms with E-state index < -0.39 is 24.2 Å². The zero-order chi connectivity index (χ0) is 14.8.